The van der Waals surface area contributed by atoms with Gasteiger partial charge in [-0.2, -0.15) is 0 Å². The second kappa shape index (κ2) is 8.48. The van der Waals surface area contributed by atoms with Crippen molar-refractivity contribution in [2.75, 3.05) is 18.4 Å². The van der Waals surface area contributed by atoms with Crippen LogP contribution in [0.1, 0.15) is 48.2 Å². The minimum atomic E-state index is 0.0734. The van der Waals surface area contributed by atoms with Crippen LogP contribution in [0.4, 0.5) is 11.5 Å². The zero-order valence-corrected chi connectivity index (χ0v) is 15.1. The highest BCUT2D eigenvalue weighted by atomic mass is 16.2. The summed E-state index contributed by atoms with van der Waals surface area (Å²) in [6.07, 6.45) is 3.61. The summed E-state index contributed by atoms with van der Waals surface area (Å²) < 4.78 is 0. The Balaban J connectivity index is 2.18. The summed E-state index contributed by atoms with van der Waals surface area (Å²) in [7, 11) is 0. The molecule has 0 saturated heterocycles. The maximum atomic E-state index is 12.7. The number of pyridine rings is 1. The van der Waals surface area contributed by atoms with Gasteiger partial charge in [-0.1, -0.05) is 19.9 Å². The lowest BCUT2D eigenvalue weighted by Gasteiger charge is -2.21. The molecule has 128 valence electrons. The second-order valence-electron chi connectivity index (χ2n) is 6.15. The van der Waals surface area contributed by atoms with Crippen molar-refractivity contribution in [1.29, 1.82) is 0 Å². The highest BCUT2D eigenvalue weighted by Crippen LogP contribution is 2.19. The fourth-order valence-corrected chi connectivity index (χ4v) is 2.64. The topological polar surface area (TPSA) is 45.2 Å². The fourth-order valence-electron chi connectivity index (χ4n) is 2.64. The molecule has 0 unspecified atom stereocenters. The van der Waals surface area contributed by atoms with Gasteiger partial charge in [0.2, 0.25) is 0 Å². The number of carbonyl (C=O) groups excluding carboxylic acids is 1. The second-order valence-corrected chi connectivity index (χ2v) is 6.15. The number of aryl methyl sites for hydroxylation is 2. The minimum absolute atomic E-state index is 0.0734. The van der Waals surface area contributed by atoms with Crippen LogP contribution >= 0.6 is 0 Å². The number of amides is 1. The number of carbonyl (C=O) groups is 1. The third-order valence-corrected chi connectivity index (χ3v) is 4.06. The zero-order chi connectivity index (χ0) is 17.5. The van der Waals surface area contributed by atoms with Crippen LogP contribution in [-0.4, -0.2) is 28.9 Å². The molecule has 4 nitrogen and oxygen atoms in total. The Morgan fingerprint density at radius 3 is 2.38 bits per heavy atom. The Kier molecular flexibility index (Phi) is 6.36. The summed E-state index contributed by atoms with van der Waals surface area (Å²) in [5, 5.41) is 3.29. The Bertz CT molecular complexity index is 691. The average molecular weight is 325 g/mol. The number of nitrogens with zero attached hydrogens (tertiary/aromatic N) is 2. The van der Waals surface area contributed by atoms with E-state index in [0.29, 0.717) is 11.4 Å². The van der Waals surface area contributed by atoms with E-state index in [0.717, 1.165) is 31.6 Å². The van der Waals surface area contributed by atoms with E-state index >= 15 is 0 Å². The van der Waals surface area contributed by atoms with Crippen molar-refractivity contribution < 1.29 is 4.79 Å². The van der Waals surface area contributed by atoms with E-state index in [1.165, 1.54) is 11.1 Å². The highest BCUT2D eigenvalue weighted by Gasteiger charge is 2.14. The van der Waals surface area contributed by atoms with Gasteiger partial charge in [0, 0.05) is 30.5 Å². The van der Waals surface area contributed by atoms with E-state index in [2.05, 4.69) is 50.1 Å². The number of aromatic nitrogens is 1. The third-order valence-electron chi connectivity index (χ3n) is 4.06. The SMILES string of the molecule is CCCN(CCC)C(=O)c1ccnc(Nc2ccc(C)c(C)c2)c1. The van der Waals surface area contributed by atoms with Crippen LogP contribution in [0.15, 0.2) is 36.5 Å². The van der Waals surface area contributed by atoms with E-state index in [4.69, 9.17) is 0 Å². The van der Waals surface area contributed by atoms with Crippen molar-refractivity contribution in [1.82, 2.24) is 9.88 Å². The molecule has 1 heterocycles. The Morgan fingerprint density at radius 1 is 1.04 bits per heavy atom. The quantitative estimate of drug-likeness (QED) is 0.802. The van der Waals surface area contributed by atoms with E-state index in [1.807, 2.05) is 17.0 Å². The Labute approximate surface area is 144 Å². The monoisotopic (exact) mass is 325 g/mol. The molecule has 1 N–H and O–H groups in total. The van der Waals surface area contributed by atoms with Crippen molar-refractivity contribution in [3.05, 3.63) is 53.2 Å². The minimum Gasteiger partial charge on any atom is -0.340 e. The standard InChI is InChI=1S/C20H27N3O/c1-5-11-23(12-6-2)20(24)17-9-10-21-19(14-17)22-18-8-7-15(3)16(4)13-18/h7-10,13-14H,5-6,11-12H2,1-4H3,(H,21,22). The lowest BCUT2D eigenvalue weighted by atomic mass is 10.1. The van der Waals surface area contributed by atoms with Crippen molar-refractivity contribution in [2.45, 2.75) is 40.5 Å². The van der Waals surface area contributed by atoms with Crippen LogP contribution in [0, 0.1) is 13.8 Å². The first kappa shape index (κ1) is 18.0. The number of anilines is 2. The number of hydrogen-bond donors (Lipinski definition) is 1. The zero-order valence-electron chi connectivity index (χ0n) is 15.1. The van der Waals surface area contributed by atoms with Gasteiger partial charge in [-0.05, 0) is 62.1 Å². The summed E-state index contributed by atoms with van der Waals surface area (Å²) in [4.78, 5) is 18.9. The van der Waals surface area contributed by atoms with Gasteiger partial charge in [0.05, 0.1) is 0 Å². The van der Waals surface area contributed by atoms with Gasteiger partial charge in [-0.3, -0.25) is 4.79 Å². The summed E-state index contributed by atoms with van der Waals surface area (Å²) in [6, 6.07) is 9.81. The summed E-state index contributed by atoms with van der Waals surface area (Å²) >= 11 is 0. The highest BCUT2D eigenvalue weighted by molar-refractivity contribution is 5.95. The van der Waals surface area contributed by atoms with Crippen molar-refractivity contribution >= 4 is 17.4 Å². The molecule has 1 amide bonds. The van der Waals surface area contributed by atoms with E-state index in [-0.39, 0.29) is 5.91 Å². The summed E-state index contributed by atoms with van der Waals surface area (Å²) in [6.45, 7) is 9.93. The molecule has 0 aliphatic rings. The lowest BCUT2D eigenvalue weighted by molar-refractivity contribution is 0.0755. The predicted octanol–water partition coefficient (Wildman–Crippen LogP) is 4.70. The average Bonchev–Trinajstić information content (AvgIpc) is 2.58. The van der Waals surface area contributed by atoms with E-state index < -0.39 is 0 Å². The first-order valence-electron chi connectivity index (χ1n) is 8.64. The maximum absolute atomic E-state index is 12.7. The van der Waals surface area contributed by atoms with E-state index in [1.54, 1.807) is 12.3 Å². The predicted molar refractivity (Wildman–Crippen MR) is 99.9 cm³/mol. The van der Waals surface area contributed by atoms with Gasteiger partial charge in [0.15, 0.2) is 0 Å². The van der Waals surface area contributed by atoms with Crippen LogP contribution in [0.25, 0.3) is 0 Å². The molecule has 0 aliphatic carbocycles. The van der Waals surface area contributed by atoms with Gasteiger partial charge in [-0.25, -0.2) is 4.98 Å². The normalized spacial score (nSPS) is 10.5. The first-order valence-corrected chi connectivity index (χ1v) is 8.64. The smallest absolute Gasteiger partial charge is 0.254 e. The van der Waals surface area contributed by atoms with Gasteiger partial charge >= 0.3 is 0 Å². The number of nitrogens with one attached hydrogen (secondary N) is 1. The number of benzene rings is 1. The number of hydrogen-bond acceptors (Lipinski definition) is 3. The van der Waals surface area contributed by atoms with Crippen molar-refractivity contribution in [3.8, 4) is 0 Å². The summed E-state index contributed by atoms with van der Waals surface area (Å²) in [5.74, 6) is 0.765. The molecular formula is C20H27N3O. The molecule has 0 aliphatic heterocycles. The molecule has 2 aromatic rings. The molecule has 0 spiro atoms. The van der Waals surface area contributed by atoms with Crippen LogP contribution in [0.3, 0.4) is 0 Å². The van der Waals surface area contributed by atoms with Crippen molar-refractivity contribution in [3.63, 3.8) is 0 Å². The molecule has 1 aromatic heterocycles. The molecule has 2 rings (SSSR count). The molecule has 4 heteroatoms. The van der Waals surface area contributed by atoms with Gasteiger partial charge in [0.25, 0.3) is 5.91 Å². The number of rotatable bonds is 7. The lowest BCUT2D eigenvalue weighted by Crippen LogP contribution is -2.32. The molecule has 0 atom stereocenters. The molecule has 0 radical (unpaired) electrons. The summed E-state index contributed by atoms with van der Waals surface area (Å²) in [5.41, 5.74) is 4.14. The molecule has 0 bridgehead atoms. The first-order chi connectivity index (χ1) is 11.5. The Hall–Kier alpha value is -2.36. The van der Waals surface area contributed by atoms with Crippen LogP contribution in [0.5, 0.6) is 0 Å². The van der Waals surface area contributed by atoms with Crippen LogP contribution < -0.4 is 5.32 Å². The third kappa shape index (κ3) is 4.57. The van der Waals surface area contributed by atoms with Gasteiger partial charge in [0.1, 0.15) is 5.82 Å². The maximum Gasteiger partial charge on any atom is 0.254 e. The largest absolute Gasteiger partial charge is 0.340 e. The van der Waals surface area contributed by atoms with E-state index in [9.17, 15) is 4.79 Å². The molecule has 0 saturated carbocycles. The molecular weight excluding hydrogens is 298 g/mol. The van der Waals surface area contributed by atoms with Crippen LogP contribution in [0.2, 0.25) is 0 Å². The molecule has 1 aromatic carbocycles. The molecule has 0 fully saturated rings. The van der Waals surface area contributed by atoms with Gasteiger partial charge < -0.3 is 10.2 Å². The molecule has 24 heavy (non-hydrogen) atoms. The van der Waals surface area contributed by atoms with Gasteiger partial charge in [-0.15, -0.1) is 0 Å². The van der Waals surface area contributed by atoms with Crippen molar-refractivity contribution in [2.24, 2.45) is 0 Å². The van der Waals surface area contributed by atoms with Crippen LogP contribution in [-0.2, 0) is 0 Å². The Morgan fingerprint density at radius 2 is 1.75 bits per heavy atom. The fraction of sp³-hybridized carbons (Fsp3) is 0.400.